The summed E-state index contributed by atoms with van der Waals surface area (Å²) in [7, 11) is 0. The zero-order valence-corrected chi connectivity index (χ0v) is 14.8. The van der Waals surface area contributed by atoms with Crippen LogP contribution in [-0.4, -0.2) is 17.9 Å². The number of nitrogens with one attached hydrogen (secondary N) is 1. The van der Waals surface area contributed by atoms with Gasteiger partial charge in [-0.05, 0) is 23.8 Å². The highest BCUT2D eigenvalue weighted by molar-refractivity contribution is 9.10. The van der Waals surface area contributed by atoms with E-state index in [0.29, 0.717) is 10.8 Å². The van der Waals surface area contributed by atoms with Gasteiger partial charge in [0.05, 0.1) is 12.0 Å². The highest BCUT2D eigenvalue weighted by Gasteiger charge is 2.01. The van der Waals surface area contributed by atoms with Gasteiger partial charge in [0.1, 0.15) is 0 Å². The Bertz CT molecular complexity index is 679. The Morgan fingerprint density at radius 1 is 1.27 bits per heavy atom. The standard InChI is InChI=1S/C16H14BrClN2OS/c17-14-6-3-4-12(8-14)10-22-11-16(21)20-19-9-13-5-1-2-7-15(13)18/h1-9H,10-11H2,(H,20,21)/b19-9-. The molecule has 0 bridgehead atoms. The predicted octanol–water partition coefficient (Wildman–Crippen LogP) is 4.49. The second kappa shape index (κ2) is 8.98. The van der Waals surface area contributed by atoms with Gasteiger partial charge in [-0.25, -0.2) is 5.43 Å². The van der Waals surface area contributed by atoms with E-state index in [0.717, 1.165) is 15.8 Å². The lowest BCUT2D eigenvalue weighted by atomic mass is 10.2. The van der Waals surface area contributed by atoms with Crippen LogP contribution in [0.15, 0.2) is 58.1 Å². The largest absolute Gasteiger partial charge is 0.272 e. The Morgan fingerprint density at radius 2 is 2.09 bits per heavy atom. The molecule has 22 heavy (non-hydrogen) atoms. The molecule has 0 aliphatic heterocycles. The van der Waals surface area contributed by atoms with Gasteiger partial charge in [-0.15, -0.1) is 11.8 Å². The summed E-state index contributed by atoms with van der Waals surface area (Å²) >= 11 is 11.0. The van der Waals surface area contributed by atoms with E-state index in [-0.39, 0.29) is 5.91 Å². The van der Waals surface area contributed by atoms with Crippen molar-refractivity contribution in [3.05, 3.63) is 69.2 Å². The topological polar surface area (TPSA) is 41.5 Å². The first kappa shape index (κ1) is 17.1. The Balaban J connectivity index is 1.73. The van der Waals surface area contributed by atoms with Crippen molar-refractivity contribution in [2.24, 2.45) is 5.10 Å². The Kier molecular flexibility index (Phi) is 6.96. The quantitative estimate of drug-likeness (QED) is 0.576. The van der Waals surface area contributed by atoms with Gasteiger partial charge in [-0.3, -0.25) is 4.79 Å². The monoisotopic (exact) mass is 396 g/mol. The van der Waals surface area contributed by atoms with E-state index in [1.807, 2.05) is 42.5 Å². The lowest BCUT2D eigenvalue weighted by Crippen LogP contribution is -2.19. The van der Waals surface area contributed by atoms with Gasteiger partial charge >= 0.3 is 0 Å². The van der Waals surface area contributed by atoms with E-state index in [1.165, 1.54) is 17.3 Å². The maximum absolute atomic E-state index is 11.7. The molecule has 6 heteroatoms. The number of hydrazone groups is 1. The van der Waals surface area contributed by atoms with Gasteiger partial charge < -0.3 is 0 Å². The maximum atomic E-state index is 11.7. The number of carbonyl (C=O) groups is 1. The molecule has 0 saturated carbocycles. The summed E-state index contributed by atoms with van der Waals surface area (Å²) in [5.74, 6) is 0.997. The molecule has 0 unspecified atom stereocenters. The van der Waals surface area contributed by atoms with E-state index in [9.17, 15) is 4.79 Å². The molecular formula is C16H14BrClN2OS. The molecule has 0 spiro atoms. The van der Waals surface area contributed by atoms with Gasteiger partial charge in [0.25, 0.3) is 0 Å². The summed E-state index contributed by atoms with van der Waals surface area (Å²) in [5.41, 5.74) is 4.44. The van der Waals surface area contributed by atoms with Crippen LogP contribution < -0.4 is 5.43 Å². The molecule has 0 heterocycles. The molecule has 114 valence electrons. The van der Waals surface area contributed by atoms with E-state index in [4.69, 9.17) is 11.6 Å². The van der Waals surface area contributed by atoms with Gasteiger partial charge in [0.15, 0.2) is 0 Å². The average molecular weight is 398 g/mol. The minimum absolute atomic E-state index is 0.136. The number of rotatable bonds is 6. The SMILES string of the molecule is O=C(CSCc1cccc(Br)c1)N/N=C\c1ccccc1Cl. The summed E-state index contributed by atoms with van der Waals surface area (Å²) < 4.78 is 1.04. The number of carbonyl (C=O) groups excluding carboxylic acids is 1. The molecule has 1 amide bonds. The van der Waals surface area contributed by atoms with Crippen LogP contribution in [0.2, 0.25) is 5.02 Å². The van der Waals surface area contributed by atoms with Gasteiger partial charge in [-0.2, -0.15) is 5.10 Å². The van der Waals surface area contributed by atoms with Crippen molar-refractivity contribution < 1.29 is 4.79 Å². The summed E-state index contributed by atoms with van der Waals surface area (Å²) in [6.07, 6.45) is 1.54. The lowest BCUT2D eigenvalue weighted by molar-refractivity contribution is -0.118. The Hall–Kier alpha value is -1.30. The fraction of sp³-hybridized carbons (Fsp3) is 0.125. The molecule has 0 atom stereocenters. The Labute approximate surface area is 147 Å². The first-order chi connectivity index (χ1) is 10.6. The number of hydrogen-bond acceptors (Lipinski definition) is 3. The van der Waals surface area contributed by atoms with Crippen molar-refractivity contribution in [3.63, 3.8) is 0 Å². The highest BCUT2D eigenvalue weighted by atomic mass is 79.9. The van der Waals surface area contributed by atoms with Crippen LogP contribution in [-0.2, 0) is 10.5 Å². The summed E-state index contributed by atoms with van der Waals surface area (Å²) in [5, 5.41) is 4.51. The fourth-order valence-corrected chi connectivity index (χ4v) is 3.07. The minimum Gasteiger partial charge on any atom is -0.272 e. The van der Waals surface area contributed by atoms with E-state index < -0.39 is 0 Å². The van der Waals surface area contributed by atoms with Crippen LogP contribution >= 0.6 is 39.3 Å². The van der Waals surface area contributed by atoms with Gasteiger partial charge in [0, 0.05) is 20.8 Å². The first-order valence-corrected chi connectivity index (χ1v) is 8.86. The van der Waals surface area contributed by atoms with Gasteiger partial charge in [0.2, 0.25) is 5.91 Å². The maximum Gasteiger partial charge on any atom is 0.250 e. The second-order valence-corrected chi connectivity index (χ2v) is 6.75. The second-order valence-electron chi connectivity index (χ2n) is 4.44. The molecule has 2 aromatic rings. The predicted molar refractivity (Wildman–Crippen MR) is 97.5 cm³/mol. The number of thioether (sulfide) groups is 1. The van der Waals surface area contributed by atoms with Gasteiger partial charge in [-0.1, -0.05) is 57.9 Å². The molecule has 0 aliphatic carbocycles. The molecule has 0 radical (unpaired) electrons. The summed E-state index contributed by atoms with van der Waals surface area (Å²) in [6, 6.07) is 15.3. The lowest BCUT2D eigenvalue weighted by Gasteiger charge is -2.02. The molecule has 0 saturated heterocycles. The molecule has 2 rings (SSSR count). The van der Waals surface area contributed by atoms with Crippen LogP contribution in [0.1, 0.15) is 11.1 Å². The van der Waals surface area contributed by atoms with E-state index in [1.54, 1.807) is 12.3 Å². The number of benzene rings is 2. The van der Waals surface area contributed by atoms with E-state index >= 15 is 0 Å². The molecule has 0 fully saturated rings. The number of hydrogen-bond donors (Lipinski definition) is 1. The van der Waals surface area contributed by atoms with Crippen molar-refractivity contribution in [2.75, 3.05) is 5.75 Å². The Morgan fingerprint density at radius 3 is 2.86 bits per heavy atom. The molecule has 3 nitrogen and oxygen atoms in total. The molecule has 1 N–H and O–H groups in total. The van der Waals surface area contributed by atoms with Crippen molar-refractivity contribution in [1.82, 2.24) is 5.43 Å². The molecule has 0 aromatic heterocycles. The fourth-order valence-electron chi connectivity index (χ4n) is 1.67. The van der Waals surface area contributed by atoms with Crippen molar-refractivity contribution in [3.8, 4) is 0 Å². The van der Waals surface area contributed by atoms with Crippen LogP contribution in [0.25, 0.3) is 0 Å². The third-order valence-electron chi connectivity index (χ3n) is 2.69. The van der Waals surface area contributed by atoms with Crippen LogP contribution in [0, 0.1) is 0 Å². The molecular weight excluding hydrogens is 384 g/mol. The van der Waals surface area contributed by atoms with Crippen LogP contribution in [0.4, 0.5) is 0 Å². The van der Waals surface area contributed by atoms with E-state index in [2.05, 4.69) is 26.5 Å². The van der Waals surface area contributed by atoms with Crippen molar-refractivity contribution in [2.45, 2.75) is 5.75 Å². The zero-order chi connectivity index (χ0) is 15.8. The van der Waals surface area contributed by atoms with Crippen LogP contribution in [0.5, 0.6) is 0 Å². The summed E-state index contributed by atoms with van der Waals surface area (Å²) in [4.78, 5) is 11.7. The third-order valence-corrected chi connectivity index (χ3v) is 4.53. The number of amides is 1. The van der Waals surface area contributed by atoms with Crippen molar-refractivity contribution >= 4 is 51.4 Å². The summed E-state index contributed by atoms with van der Waals surface area (Å²) in [6.45, 7) is 0. The van der Waals surface area contributed by atoms with Crippen molar-refractivity contribution in [1.29, 1.82) is 0 Å². The minimum atomic E-state index is -0.136. The molecule has 2 aromatic carbocycles. The normalized spacial score (nSPS) is 10.8. The number of halogens is 2. The average Bonchev–Trinajstić information content (AvgIpc) is 2.49. The molecule has 0 aliphatic rings. The smallest absolute Gasteiger partial charge is 0.250 e. The third kappa shape index (κ3) is 5.83. The number of nitrogens with zero attached hydrogens (tertiary/aromatic N) is 1. The first-order valence-electron chi connectivity index (χ1n) is 6.54. The van der Waals surface area contributed by atoms with Crippen LogP contribution in [0.3, 0.4) is 0 Å². The zero-order valence-electron chi connectivity index (χ0n) is 11.6. The highest BCUT2D eigenvalue weighted by Crippen LogP contribution is 2.17.